The van der Waals surface area contributed by atoms with Crippen molar-refractivity contribution < 1.29 is 0 Å². The molecule has 1 aliphatic carbocycles. The molecule has 0 atom stereocenters. The summed E-state index contributed by atoms with van der Waals surface area (Å²) in [5, 5.41) is 0. The van der Waals surface area contributed by atoms with Crippen LogP contribution >= 0.6 is 0 Å². The van der Waals surface area contributed by atoms with E-state index >= 15 is 0 Å². The molecule has 0 unspecified atom stereocenters. The van der Waals surface area contributed by atoms with Gasteiger partial charge in [-0.15, -0.1) is 0 Å². The first-order valence-electron chi connectivity index (χ1n) is 18.5. The number of benzene rings is 7. The summed E-state index contributed by atoms with van der Waals surface area (Å²) in [6, 6.07) is 68.8. The van der Waals surface area contributed by atoms with Crippen molar-refractivity contribution in [3.8, 4) is 67.5 Å². The molecule has 0 N–H and O–H groups in total. The highest BCUT2D eigenvalue weighted by atomic mass is 15.0. The van der Waals surface area contributed by atoms with Crippen LogP contribution in [0.5, 0.6) is 0 Å². The molecule has 55 heavy (non-hydrogen) atoms. The van der Waals surface area contributed by atoms with E-state index in [4.69, 9.17) is 15.0 Å². The molecule has 2 heterocycles. The molecule has 1 aliphatic rings. The van der Waals surface area contributed by atoms with E-state index < -0.39 is 5.41 Å². The van der Waals surface area contributed by atoms with Crippen LogP contribution < -0.4 is 0 Å². The Bertz CT molecular complexity index is 2740. The monoisotopic (exact) mass is 702 g/mol. The second kappa shape index (κ2) is 13.6. The Kier molecular flexibility index (Phi) is 8.00. The molecule has 9 aromatic rings. The maximum atomic E-state index is 5.10. The number of rotatable bonds is 7. The number of hydrogen-bond donors (Lipinski definition) is 0. The van der Waals surface area contributed by atoms with Gasteiger partial charge in [0.2, 0.25) is 0 Å². The smallest absolute Gasteiger partial charge is 0.165 e. The van der Waals surface area contributed by atoms with Gasteiger partial charge in [-0.25, -0.2) is 15.0 Å². The highest BCUT2D eigenvalue weighted by molar-refractivity contribution is 5.96. The quantitative estimate of drug-likeness (QED) is 0.166. The zero-order valence-corrected chi connectivity index (χ0v) is 29.9. The summed E-state index contributed by atoms with van der Waals surface area (Å²) < 4.78 is 0. The number of fused-ring (bicyclic) bond motifs is 3. The van der Waals surface area contributed by atoms with Gasteiger partial charge < -0.3 is 0 Å². The molecule has 2 aromatic heterocycles. The van der Waals surface area contributed by atoms with Crippen molar-refractivity contribution in [2.45, 2.75) is 5.41 Å². The van der Waals surface area contributed by atoms with E-state index in [-0.39, 0.29) is 0 Å². The van der Waals surface area contributed by atoms with Gasteiger partial charge in [0.05, 0.1) is 5.41 Å². The molecule has 7 aromatic carbocycles. The molecule has 4 nitrogen and oxygen atoms in total. The molecule has 0 saturated carbocycles. The SMILES string of the molecule is c1ccc(-c2ccc(-c3nc(-c4cccnc4)nc(-c4cccc(-c5cccc6c5-c5ccccc5C6(c5ccccc5)c5ccccc5)c4)n3)cc2)cc1. The first-order chi connectivity index (χ1) is 27.3. The van der Waals surface area contributed by atoms with Crippen molar-refractivity contribution in [1.82, 2.24) is 19.9 Å². The van der Waals surface area contributed by atoms with Gasteiger partial charge in [-0.2, -0.15) is 0 Å². The lowest BCUT2D eigenvalue weighted by Gasteiger charge is -2.34. The summed E-state index contributed by atoms with van der Waals surface area (Å²) in [7, 11) is 0. The van der Waals surface area contributed by atoms with Crippen LogP contribution in [-0.2, 0) is 5.41 Å². The van der Waals surface area contributed by atoms with Gasteiger partial charge in [-0.05, 0) is 73.8 Å². The average Bonchev–Trinajstić information content (AvgIpc) is 3.59. The maximum absolute atomic E-state index is 5.10. The first kappa shape index (κ1) is 32.4. The standard InChI is InChI=1S/C51H34N4/c1-4-15-35(16-5-1)36-28-30-37(31-29-36)48-53-49(55-50(54-48)40-19-14-32-52-34-40)39-18-12-17-38(33-39)43-25-13-27-46-47(43)44-24-10-11-26-45(44)51(46,41-20-6-2-7-21-41)42-22-8-3-9-23-42/h1-34H. The summed E-state index contributed by atoms with van der Waals surface area (Å²) in [5.41, 5.74) is 14.3. The Morgan fingerprint density at radius 3 is 1.51 bits per heavy atom. The van der Waals surface area contributed by atoms with E-state index in [0.29, 0.717) is 17.5 Å². The van der Waals surface area contributed by atoms with Crippen molar-refractivity contribution in [2.24, 2.45) is 0 Å². The van der Waals surface area contributed by atoms with Crippen LogP contribution in [-0.4, -0.2) is 19.9 Å². The van der Waals surface area contributed by atoms with Crippen LogP contribution in [0.2, 0.25) is 0 Å². The zero-order valence-electron chi connectivity index (χ0n) is 29.9. The lowest BCUT2D eigenvalue weighted by molar-refractivity contribution is 0.768. The molecule has 0 amide bonds. The summed E-state index contributed by atoms with van der Waals surface area (Å²) >= 11 is 0. The summed E-state index contributed by atoms with van der Waals surface area (Å²) in [6.45, 7) is 0. The number of hydrogen-bond acceptors (Lipinski definition) is 4. The van der Waals surface area contributed by atoms with Gasteiger partial charge in [0.15, 0.2) is 17.5 Å². The third-order valence-corrected chi connectivity index (χ3v) is 10.7. The van der Waals surface area contributed by atoms with E-state index in [0.717, 1.165) is 33.4 Å². The topological polar surface area (TPSA) is 51.6 Å². The first-order valence-corrected chi connectivity index (χ1v) is 18.5. The fraction of sp³-hybridized carbons (Fsp3) is 0.0196. The van der Waals surface area contributed by atoms with Gasteiger partial charge in [0.1, 0.15) is 0 Å². The van der Waals surface area contributed by atoms with Crippen molar-refractivity contribution >= 4 is 0 Å². The summed E-state index contributed by atoms with van der Waals surface area (Å²) in [5.74, 6) is 1.79. The molecule has 0 radical (unpaired) electrons. The Morgan fingerprint density at radius 1 is 0.327 bits per heavy atom. The van der Waals surface area contributed by atoms with Gasteiger partial charge in [-0.3, -0.25) is 4.98 Å². The third kappa shape index (κ3) is 5.55. The van der Waals surface area contributed by atoms with E-state index in [1.165, 1.54) is 38.9 Å². The molecule has 0 aliphatic heterocycles. The molecule has 0 saturated heterocycles. The fourth-order valence-electron chi connectivity index (χ4n) is 8.26. The zero-order chi connectivity index (χ0) is 36.6. The van der Waals surface area contributed by atoms with Crippen molar-refractivity contribution in [3.63, 3.8) is 0 Å². The predicted molar refractivity (Wildman–Crippen MR) is 222 cm³/mol. The highest BCUT2D eigenvalue weighted by Crippen LogP contribution is 2.58. The second-order valence-electron chi connectivity index (χ2n) is 13.8. The third-order valence-electron chi connectivity index (χ3n) is 10.7. The number of nitrogens with zero attached hydrogens (tertiary/aromatic N) is 4. The normalized spacial score (nSPS) is 12.5. The minimum atomic E-state index is -0.472. The van der Waals surface area contributed by atoms with Crippen molar-refractivity contribution in [3.05, 3.63) is 229 Å². The lowest BCUT2D eigenvalue weighted by atomic mass is 9.67. The summed E-state index contributed by atoms with van der Waals surface area (Å²) in [6.07, 6.45) is 3.56. The van der Waals surface area contributed by atoms with Crippen LogP contribution in [0.25, 0.3) is 67.5 Å². The van der Waals surface area contributed by atoms with Gasteiger partial charge in [0.25, 0.3) is 0 Å². The second-order valence-corrected chi connectivity index (χ2v) is 13.8. The van der Waals surface area contributed by atoms with Gasteiger partial charge >= 0.3 is 0 Å². The molecular formula is C51H34N4. The lowest BCUT2D eigenvalue weighted by Crippen LogP contribution is -2.28. The molecular weight excluding hydrogens is 669 g/mol. The van der Waals surface area contributed by atoms with Gasteiger partial charge in [-0.1, -0.05) is 176 Å². The number of pyridine rings is 1. The Morgan fingerprint density at radius 2 is 0.818 bits per heavy atom. The Hall–Kier alpha value is -7.30. The highest BCUT2D eigenvalue weighted by Gasteiger charge is 2.46. The van der Waals surface area contributed by atoms with Crippen LogP contribution in [0.4, 0.5) is 0 Å². The molecule has 4 heteroatoms. The Labute approximate surface area is 320 Å². The van der Waals surface area contributed by atoms with Gasteiger partial charge in [0, 0.05) is 29.1 Å². The number of aromatic nitrogens is 4. The van der Waals surface area contributed by atoms with E-state index in [9.17, 15) is 0 Å². The van der Waals surface area contributed by atoms with Crippen LogP contribution in [0.15, 0.2) is 207 Å². The minimum absolute atomic E-state index is 0.472. The molecule has 10 rings (SSSR count). The Balaban J connectivity index is 1.13. The fourth-order valence-corrected chi connectivity index (χ4v) is 8.26. The predicted octanol–water partition coefficient (Wildman–Crippen LogP) is 12.0. The molecule has 0 fully saturated rings. The molecule has 0 spiro atoms. The largest absolute Gasteiger partial charge is 0.264 e. The summed E-state index contributed by atoms with van der Waals surface area (Å²) in [4.78, 5) is 19.5. The van der Waals surface area contributed by atoms with Crippen LogP contribution in [0.3, 0.4) is 0 Å². The minimum Gasteiger partial charge on any atom is -0.264 e. The van der Waals surface area contributed by atoms with E-state index in [2.05, 4.69) is 181 Å². The van der Waals surface area contributed by atoms with Crippen LogP contribution in [0, 0.1) is 0 Å². The van der Waals surface area contributed by atoms with E-state index in [1.54, 1.807) is 12.4 Å². The van der Waals surface area contributed by atoms with Crippen molar-refractivity contribution in [2.75, 3.05) is 0 Å². The van der Waals surface area contributed by atoms with E-state index in [1.807, 2.05) is 18.2 Å². The maximum Gasteiger partial charge on any atom is 0.165 e. The molecule has 0 bridgehead atoms. The molecule has 258 valence electrons. The average molecular weight is 703 g/mol. The van der Waals surface area contributed by atoms with Crippen LogP contribution in [0.1, 0.15) is 22.3 Å². The van der Waals surface area contributed by atoms with Crippen molar-refractivity contribution in [1.29, 1.82) is 0 Å².